The third-order valence-corrected chi connectivity index (χ3v) is 3.25. The molecular formula is C13H19ClN2O. The number of fused-ring (bicyclic) bond motifs is 1. The maximum absolute atomic E-state index is 11.7. The molecular weight excluding hydrogens is 236 g/mol. The fourth-order valence-electron chi connectivity index (χ4n) is 2.13. The smallest absolute Gasteiger partial charge is 0.224 e. The highest BCUT2D eigenvalue weighted by Crippen LogP contribution is 2.30. The highest BCUT2D eigenvalue weighted by Gasteiger charge is 2.24. The number of nitrogens with one attached hydrogen (secondary N) is 1. The van der Waals surface area contributed by atoms with E-state index in [2.05, 4.69) is 17.4 Å². The molecule has 0 aromatic heterocycles. The van der Waals surface area contributed by atoms with E-state index in [0.717, 1.165) is 12.8 Å². The number of hydrogen-bond donors (Lipinski definition) is 2. The summed E-state index contributed by atoms with van der Waals surface area (Å²) in [4.78, 5) is 11.7. The Morgan fingerprint density at radius 1 is 1.53 bits per heavy atom. The summed E-state index contributed by atoms with van der Waals surface area (Å²) in [6.45, 7) is 2.26. The summed E-state index contributed by atoms with van der Waals surface area (Å²) in [6, 6.07) is 8.48. The van der Waals surface area contributed by atoms with Crippen molar-refractivity contribution in [1.82, 2.24) is 5.32 Å². The third kappa shape index (κ3) is 2.99. The molecule has 4 heteroatoms. The number of rotatable bonds is 3. The van der Waals surface area contributed by atoms with Gasteiger partial charge in [0.2, 0.25) is 5.91 Å². The Morgan fingerprint density at radius 2 is 2.24 bits per heavy atom. The lowest BCUT2D eigenvalue weighted by Crippen LogP contribution is -2.35. The van der Waals surface area contributed by atoms with Crippen LogP contribution in [-0.2, 0) is 11.2 Å². The van der Waals surface area contributed by atoms with Crippen LogP contribution >= 0.6 is 12.4 Å². The molecule has 0 saturated carbocycles. The van der Waals surface area contributed by atoms with Gasteiger partial charge in [0.05, 0.1) is 6.04 Å². The van der Waals surface area contributed by atoms with Crippen molar-refractivity contribution in [3.8, 4) is 0 Å². The molecule has 3 nitrogen and oxygen atoms in total. The van der Waals surface area contributed by atoms with Crippen LogP contribution in [0.5, 0.6) is 0 Å². The van der Waals surface area contributed by atoms with Crippen molar-refractivity contribution in [2.45, 2.75) is 25.8 Å². The van der Waals surface area contributed by atoms with Crippen LogP contribution in [0.4, 0.5) is 0 Å². The first-order valence-electron chi connectivity index (χ1n) is 5.80. The second-order valence-electron chi connectivity index (χ2n) is 4.44. The molecule has 0 spiro atoms. The monoisotopic (exact) mass is 254 g/mol. The first-order chi connectivity index (χ1) is 7.72. The number of amides is 1. The molecule has 0 fully saturated rings. The van der Waals surface area contributed by atoms with E-state index in [9.17, 15) is 4.79 Å². The number of benzene rings is 1. The molecule has 0 aliphatic heterocycles. The Hall–Kier alpha value is -1.06. The van der Waals surface area contributed by atoms with Crippen molar-refractivity contribution in [2.24, 2.45) is 11.7 Å². The summed E-state index contributed by atoms with van der Waals surface area (Å²) in [5, 5.41) is 3.07. The zero-order chi connectivity index (χ0) is 11.5. The maximum Gasteiger partial charge on any atom is 0.224 e. The topological polar surface area (TPSA) is 55.1 Å². The first kappa shape index (κ1) is 14.0. The van der Waals surface area contributed by atoms with Crippen LogP contribution in [0, 0.1) is 5.92 Å². The van der Waals surface area contributed by atoms with Gasteiger partial charge in [0.25, 0.3) is 0 Å². The molecule has 1 amide bonds. The molecule has 1 aromatic rings. The summed E-state index contributed by atoms with van der Waals surface area (Å²) < 4.78 is 0. The number of carbonyl (C=O) groups is 1. The first-order valence-corrected chi connectivity index (χ1v) is 5.80. The Morgan fingerprint density at radius 3 is 2.94 bits per heavy atom. The van der Waals surface area contributed by atoms with E-state index in [1.165, 1.54) is 11.1 Å². The quantitative estimate of drug-likeness (QED) is 0.864. The van der Waals surface area contributed by atoms with Gasteiger partial charge in [0, 0.05) is 12.5 Å². The Labute approximate surface area is 108 Å². The van der Waals surface area contributed by atoms with Gasteiger partial charge in [-0.2, -0.15) is 0 Å². The third-order valence-electron chi connectivity index (χ3n) is 3.25. The molecule has 1 aromatic carbocycles. The second-order valence-corrected chi connectivity index (χ2v) is 4.44. The average Bonchev–Trinajstić information content (AvgIpc) is 2.72. The predicted molar refractivity (Wildman–Crippen MR) is 71.1 cm³/mol. The maximum atomic E-state index is 11.7. The van der Waals surface area contributed by atoms with E-state index < -0.39 is 0 Å². The number of carbonyl (C=O) groups excluding carboxylic acids is 1. The summed E-state index contributed by atoms with van der Waals surface area (Å²) in [5.41, 5.74) is 8.10. The van der Waals surface area contributed by atoms with E-state index in [0.29, 0.717) is 6.54 Å². The summed E-state index contributed by atoms with van der Waals surface area (Å²) >= 11 is 0. The van der Waals surface area contributed by atoms with Gasteiger partial charge in [-0.05, 0) is 24.0 Å². The highest BCUT2D eigenvalue weighted by atomic mass is 35.5. The van der Waals surface area contributed by atoms with Crippen molar-refractivity contribution in [2.75, 3.05) is 6.54 Å². The summed E-state index contributed by atoms with van der Waals surface area (Å²) in [7, 11) is 0. The summed E-state index contributed by atoms with van der Waals surface area (Å²) in [5.74, 6) is -0.0445. The molecule has 0 saturated heterocycles. The van der Waals surface area contributed by atoms with Gasteiger partial charge in [-0.3, -0.25) is 4.79 Å². The zero-order valence-electron chi connectivity index (χ0n) is 9.98. The molecule has 0 radical (unpaired) electrons. The molecule has 94 valence electrons. The molecule has 17 heavy (non-hydrogen) atoms. The molecule has 0 heterocycles. The van der Waals surface area contributed by atoms with E-state index in [1.807, 2.05) is 19.1 Å². The Bertz CT molecular complexity index is 395. The van der Waals surface area contributed by atoms with Crippen molar-refractivity contribution >= 4 is 18.3 Å². The molecule has 1 aliphatic rings. The van der Waals surface area contributed by atoms with Crippen LogP contribution in [0.3, 0.4) is 0 Å². The lowest BCUT2D eigenvalue weighted by molar-refractivity contribution is -0.124. The van der Waals surface area contributed by atoms with Gasteiger partial charge >= 0.3 is 0 Å². The fraction of sp³-hybridized carbons (Fsp3) is 0.462. The number of hydrogen-bond acceptors (Lipinski definition) is 2. The Kier molecular flexibility index (Phi) is 4.97. The van der Waals surface area contributed by atoms with Gasteiger partial charge < -0.3 is 11.1 Å². The number of nitrogens with two attached hydrogens (primary N) is 1. The van der Waals surface area contributed by atoms with E-state index in [-0.39, 0.29) is 30.3 Å². The van der Waals surface area contributed by atoms with Crippen molar-refractivity contribution in [3.05, 3.63) is 35.4 Å². The van der Waals surface area contributed by atoms with Crippen LogP contribution in [0.2, 0.25) is 0 Å². The minimum Gasteiger partial charge on any atom is -0.349 e. The lowest BCUT2D eigenvalue weighted by Gasteiger charge is -2.16. The van der Waals surface area contributed by atoms with Gasteiger partial charge in [-0.25, -0.2) is 0 Å². The zero-order valence-corrected chi connectivity index (χ0v) is 10.8. The normalized spacial score (nSPS) is 19.1. The van der Waals surface area contributed by atoms with Crippen molar-refractivity contribution < 1.29 is 4.79 Å². The molecule has 2 rings (SSSR count). The van der Waals surface area contributed by atoms with E-state index in [4.69, 9.17) is 5.73 Å². The molecule has 2 atom stereocenters. The lowest BCUT2D eigenvalue weighted by atomic mass is 10.1. The second kappa shape index (κ2) is 6.03. The van der Waals surface area contributed by atoms with Crippen molar-refractivity contribution in [1.29, 1.82) is 0 Å². The SMILES string of the molecule is CC(CN)C(=O)NC1CCc2ccccc21.Cl. The van der Waals surface area contributed by atoms with Gasteiger partial charge in [-0.1, -0.05) is 31.2 Å². The standard InChI is InChI=1S/C13H18N2O.ClH/c1-9(8-14)13(16)15-12-7-6-10-4-2-3-5-11(10)12;/h2-5,9,12H,6-8,14H2,1H3,(H,15,16);1H. The highest BCUT2D eigenvalue weighted by molar-refractivity contribution is 5.85. The van der Waals surface area contributed by atoms with Crippen LogP contribution in [0.1, 0.15) is 30.5 Å². The van der Waals surface area contributed by atoms with E-state index in [1.54, 1.807) is 0 Å². The van der Waals surface area contributed by atoms with Gasteiger partial charge in [-0.15, -0.1) is 12.4 Å². The van der Waals surface area contributed by atoms with E-state index >= 15 is 0 Å². The Balaban J connectivity index is 0.00000144. The number of halogens is 1. The largest absolute Gasteiger partial charge is 0.349 e. The van der Waals surface area contributed by atoms with Gasteiger partial charge in [0.15, 0.2) is 0 Å². The van der Waals surface area contributed by atoms with Crippen LogP contribution in [0.25, 0.3) is 0 Å². The molecule has 3 N–H and O–H groups in total. The molecule has 2 unspecified atom stereocenters. The summed E-state index contributed by atoms with van der Waals surface area (Å²) in [6.07, 6.45) is 2.06. The number of aryl methyl sites for hydroxylation is 1. The molecule has 0 bridgehead atoms. The average molecular weight is 255 g/mol. The predicted octanol–water partition coefficient (Wildman–Crippen LogP) is 1.81. The van der Waals surface area contributed by atoms with Crippen LogP contribution in [0.15, 0.2) is 24.3 Å². The molecule has 1 aliphatic carbocycles. The van der Waals surface area contributed by atoms with Crippen LogP contribution < -0.4 is 11.1 Å². The minimum atomic E-state index is -0.104. The van der Waals surface area contributed by atoms with Gasteiger partial charge in [0.1, 0.15) is 0 Å². The van der Waals surface area contributed by atoms with Crippen LogP contribution in [-0.4, -0.2) is 12.5 Å². The van der Waals surface area contributed by atoms with Crippen molar-refractivity contribution in [3.63, 3.8) is 0 Å². The fourth-order valence-corrected chi connectivity index (χ4v) is 2.13. The minimum absolute atomic E-state index is 0.